The van der Waals surface area contributed by atoms with Gasteiger partial charge in [-0.05, 0) is 0 Å². The fraction of sp³-hybridized carbons (Fsp3) is 0.500. The van der Waals surface area contributed by atoms with Crippen molar-refractivity contribution in [3.05, 3.63) is 0 Å². The summed E-state index contributed by atoms with van der Waals surface area (Å²) in [7, 11) is 0. The molecule has 12 heavy (non-hydrogen) atoms. The van der Waals surface area contributed by atoms with Gasteiger partial charge in [-0.1, -0.05) is 0 Å². The first-order chi connectivity index (χ1) is 5.74. The molecular formula is C8H11NO2S. The smallest absolute Gasteiger partial charge is 0.221 e. The summed E-state index contributed by atoms with van der Waals surface area (Å²) in [5.74, 6) is 2.44. The third-order valence-electron chi connectivity index (χ3n) is 1.20. The topological polar surface area (TPSA) is 46.2 Å². The summed E-state index contributed by atoms with van der Waals surface area (Å²) in [6.45, 7) is 0. The largest absolute Gasteiger partial charge is 0.346 e. The van der Waals surface area contributed by atoms with Crippen LogP contribution >= 0.6 is 12.6 Å². The third kappa shape index (κ3) is 4.80. The molecule has 4 heteroatoms. The number of terminal acetylenes is 1. The molecule has 1 N–H and O–H groups in total. The lowest BCUT2D eigenvalue weighted by Gasteiger charge is -2.08. The summed E-state index contributed by atoms with van der Waals surface area (Å²) in [6.07, 6.45) is 6.26. The summed E-state index contributed by atoms with van der Waals surface area (Å²) in [4.78, 5) is 21.2. The van der Waals surface area contributed by atoms with Crippen molar-refractivity contribution >= 4 is 24.8 Å². The van der Waals surface area contributed by atoms with Gasteiger partial charge >= 0.3 is 0 Å². The summed E-state index contributed by atoms with van der Waals surface area (Å²) < 4.78 is 0. The number of hydrogen-bond donors (Lipinski definition) is 2. The van der Waals surface area contributed by atoms with E-state index in [0.717, 1.165) is 0 Å². The van der Waals surface area contributed by atoms with Crippen molar-refractivity contribution in [3.63, 3.8) is 0 Å². The van der Waals surface area contributed by atoms with E-state index >= 15 is 0 Å². The summed E-state index contributed by atoms with van der Waals surface area (Å²) >= 11 is 3.88. The second kappa shape index (κ2) is 6.74. The van der Waals surface area contributed by atoms with Gasteiger partial charge in [-0.3, -0.25) is 4.79 Å². The highest BCUT2D eigenvalue weighted by atomic mass is 32.1. The second-order valence-electron chi connectivity index (χ2n) is 2.20. The number of nitrogens with one attached hydrogen (secondary N) is 1. The molecule has 1 atom stereocenters. The molecule has 0 saturated heterocycles. The van der Waals surface area contributed by atoms with E-state index in [4.69, 9.17) is 6.42 Å². The average molecular weight is 185 g/mol. The minimum absolute atomic E-state index is 0.209. The van der Waals surface area contributed by atoms with Crippen LogP contribution in [-0.4, -0.2) is 24.0 Å². The maximum absolute atomic E-state index is 10.9. The first kappa shape index (κ1) is 11.1. The van der Waals surface area contributed by atoms with Gasteiger partial charge in [0.2, 0.25) is 5.91 Å². The van der Waals surface area contributed by atoms with E-state index in [1.807, 2.05) is 0 Å². The van der Waals surface area contributed by atoms with Crippen molar-refractivity contribution in [2.45, 2.75) is 18.9 Å². The van der Waals surface area contributed by atoms with Crippen molar-refractivity contribution in [1.29, 1.82) is 0 Å². The van der Waals surface area contributed by atoms with Crippen molar-refractivity contribution < 1.29 is 9.59 Å². The maximum Gasteiger partial charge on any atom is 0.221 e. The molecule has 0 bridgehead atoms. The van der Waals surface area contributed by atoms with Crippen molar-refractivity contribution in [1.82, 2.24) is 5.32 Å². The molecule has 66 valence electrons. The Morgan fingerprint density at radius 2 is 2.42 bits per heavy atom. The van der Waals surface area contributed by atoms with Crippen LogP contribution in [0.2, 0.25) is 0 Å². The lowest BCUT2D eigenvalue weighted by atomic mass is 10.3. The zero-order chi connectivity index (χ0) is 9.40. The van der Waals surface area contributed by atoms with Crippen LogP contribution in [0.4, 0.5) is 0 Å². The van der Waals surface area contributed by atoms with Gasteiger partial charge < -0.3 is 10.1 Å². The minimum atomic E-state index is -0.501. The first-order valence-electron chi connectivity index (χ1n) is 3.53. The minimum Gasteiger partial charge on any atom is -0.346 e. The van der Waals surface area contributed by atoms with E-state index in [0.29, 0.717) is 18.5 Å². The second-order valence-corrected chi connectivity index (χ2v) is 2.56. The van der Waals surface area contributed by atoms with E-state index in [1.165, 1.54) is 0 Å². The van der Waals surface area contributed by atoms with Gasteiger partial charge in [0.25, 0.3) is 0 Å². The Bertz CT molecular complexity index is 198. The first-order valence-corrected chi connectivity index (χ1v) is 4.16. The summed E-state index contributed by atoms with van der Waals surface area (Å²) in [5, 5.41) is 2.47. The molecule has 0 radical (unpaired) electrons. The zero-order valence-corrected chi connectivity index (χ0v) is 7.51. The number of carbonyl (C=O) groups excluding carboxylic acids is 2. The molecule has 3 nitrogen and oxygen atoms in total. The molecule has 1 amide bonds. The standard InChI is InChI=1S/C8H11NO2S/c1-2-3-4-8(11)9-7(5-10)6-12/h1,5,7,12H,3-4,6H2,(H,9,11). The van der Waals surface area contributed by atoms with E-state index in [1.54, 1.807) is 0 Å². The monoisotopic (exact) mass is 185 g/mol. The maximum atomic E-state index is 10.9. The van der Waals surface area contributed by atoms with Crippen molar-refractivity contribution in [2.75, 3.05) is 5.75 Å². The number of hydrogen-bond acceptors (Lipinski definition) is 3. The quantitative estimate of drug-likeness (QED) is 0.360. The third-order valence-corrected chi connectivity index (χ3v) is 1.60. The summed E-state index contributed by atoms with van der Waals surface area (Å²) in [5.41, 5.74) is 0. The average Bonchev–Trinajstić information content (AvgIpc) is 2.10. The Labute approximate surface area is 77.3 Å². The molecule has 0 rings (SSSR count). The zero-order valence-electron chi connectivity index (χ0n) is 6.62. The normalized spacial score (nSPS) is 11.3. The van der Waals surface area contributed by atoms with Crippen LogP contribution < -0.4 is 5.32 Å². The Morgan fingerprint density at radius 1 is 1.75 bits per heavy atom. The van der Waals surface area contributed by atoms with E-state index in [-0.39, 0.29) is 12.3 Å². The number of thiol groups is 1. The van der Waals surface area contributed by atoms with Crippen LogP contribution in [0.1, 0.15) is 12.8 Å². The Kier molecular flexibility index (Phi) is 6.21. The Balaban J connectivity index is 3.67. The van der Waals surface area contributed by atoms with E-state index in [9.17, 15) is 9.59 Å². The Morgan fingerprint density at radius 3 is 2.83 bits per heavy atom. The Hall–Kier alpha value is -0.950. The van der Waals surface area contributed by atoms with Crippen LogP contribution in [0.5, 0.6) is 0 Å². The number of carbonyl (C=O) groups is 2. The number of aldehydes is 1. The predicted molar refractivity (Wildman–Crippen MR) is 49.9 cm³/mol. The highest BCUT2D eigenvalue weighted by Crippen LogP contribution is 1.89. The van der Waals surface area contributed by atoms with Crippen LogP contribution in [0.25, 0.3) is 0 Å². The molecule has 0 aromatic carbocycles. The fourth-order valence-electron chi connectivity index (χ4n) is 0.587. The van der Waals surface area contributed by atoms with Crippen molar-refractivity contribution in [2.24, 2.45) is 0 Å². The SMILES string of the molecule is C#CCCC(=O)NC(C=O)CS. The molecule has 1 unspecified atom stereocenters. The van der Waals surface area contributed by atoms with Gasteiger partial charge in [-0.25, -0.2) is 0 Å². The molecular weight excluding hydrogens is 174 g/mol. The molecule has 0 aromatic rings. The van der Waals surface area contributed by atoms with E-state index in [2.05, 4.69) is 23.9 Å². The molecule has 0 fully saturated rings. The van der Waals surface area contributed by atoms with E-state index < -0.39 is 6.04 Å². The van der Waals surface area contributed by atoms with Gasteiger partial charge in [0.15, 0.2) is 0 Å². The fourth-order valence-corrected chi connectivity index (χ4v) is 0.765. The summed E-state index contributed by atoms with van der Waals surface area (Å²) in [6, 6.07) is -0.501. The van der Waals surface area contributed by atoms with Gasteiger partial charge in [-0.15, -0.1) is 12.3 Å². The molecule has 0 aromatic heterocycles. The lowest BCUT2D eigenvalue weighted by molar-refractivity contribution is -0.123. The van der Waals surface area contributed by atoms with Crippen LogP contribution in [-0.2, 0) is 9.59 Å². The number of amides is 1. The van der Waals surface area contributed by atoms with Gasteiger partial charge in [0.1, 0.15) is 6.29 Å². The van der Waals surface area contributed by atoms with Gasteiger partial charge in [0, 0.05) is 18.6 Å². The van der Waals surface area contributed by atoms with Crippen LogP contribution in [0.3, 0.4) is 0 Å². The highest BCUT2D eigenvalue weighted by molar-refractivity contribution is 7.80. The van der Waals surface area contributed by atoms with Crippen LogP contribution in [0.15, 0.2) is 0 Å². The van der Waals surface area contributed by atoms with Gasteiger partial charge in [0.05, 0.1) is 6.04 Å². The molecule has 0 heterocycles. The molecule has 0 aliphatic heterocycles. The van der Waals surface area contributed by atoms with Crippen molar-refractivity contribution in [3.8, 4) is 12.3 Å². The predicted octanol–water partition coefficient (Wildman–Crippen LogP) is 0.0133. The molecule has 0 aliphatic rings. The van der Waals surface area contributed by atoms with Crippen LogP contribution in [0, 0.1) is 12.3 Å². The van der Waals surface area contributed by atoms with Gasteiger partial charge in [-0.2, -0.15) is 12.6 Å². The lowest BCUT2D eigenvalue weighted by Crippen LogP contribution is -2.37. The highest BCUT2D eigenvalue weighted by Gasteiger charge is 2.07. The molecule has 0 spiro atoms. The molecule has 0 saturated carbocycles. The molecule has 0 aliphatic carbocycles. The number of rotatable bonds is 5.